The number of carboxylic acid groups (broad SMARTS) is 1. The maximum atomic E-state index is 13.0. The summed E-state index contributed by atoms with van der Waals surface area (Å²) in [5, 5.41) is 9.02. The molecule has 2 aromatic rings. The van der Waals surface area contributed by atoms with Crippen molar-refractivity contribution in [1.82, 2.24) is 0 Å². The first-order chi connectivity index (χ1) is 11.7. The predicted molar refractivity (Wildman–Crippen MR) is 86.5 cm³/mol. The van der Waals surface area contributed by atoms with Crippen LogP contribution in [0.2, 0.25) is 0 Å². The van der Waals surface area contributed by atoms with Gasteiger partial charge in [0.05, 0.1) is 12.1 Å². The van der Waals surface area contributed by atoms with Gasteiger partial charge in [0.15, 0.2) is 0 Å². The number of carbonyl (C=O) groups excluding carboxylic acids is 1. The van der Waals surface area contributed by atoms with Crippen molar-refractivity contribution in [3.63, 3.8) is 0 Å². The lowest BCUT2D eigenvalue weighted by Gasteiger charge is -2.26. The van der Waals surface area contributed by atoms with E-state index in [1.807, 2.05) is 0 Å². The first kappa shape index (κ1) is 18.5. The third kappa shape index (κ3) is 4.37. The van der Waals surface area contributed by atoms with E-state index in [0.717, 1.165) is 0 Å². The van der Waals surface area contributed by atoms with E-state index >= 15 is 0 Å². The Balaban J connectivity index is 2.47. The minimum atomic E-state index is -5.04. The smallest absolute Gasteiger partial charge is 0.471 e. The average Bonchev–Trinajstić information content (AvgIpc) is 2.58. The number of halogens is 3. The van der Waals surface area contributed by atoms with Crippen molar-refractivity contribution < 1.29 is 27.9 Å². The topological polar surface area (TPSA) is 57.6 Å². The molecule has 25 heavy (non-hydrogen) atoms. The third-order valence-corrected chi connectivity index (χ3v) is 3.67. The van der Waals surface area contributed by atoms with Crippen molar-refractivity contribution in [2.75, 3.05) is 4.90 Å². The van der Waals surface area contributed by atoms with E-state index in [4.69, 9.17) is 5.11 Å². The highest BCUT2D eigenvalue weighted by Gasteiger charge is 2.43. The predicted octanol–water partition coefficient (Wildman–Crippen LogP) is 4.04. The molecule has 1 N–H and O–H groups in total. The molecular formula is C18H16F3NO3. The van der Waals surface area contributed by atoms with Crippen molar-refractivity contribution in [3.8, 4) is 0 Å². The van der Waals surface area contributed by atoms with Gasteiger partial charge in [-0.25, -0.2) is 4.79 Å². The Morgan fingerprint density at radius 2 is 1.76 bits per heavy atom. The van der Waals surface area contributed by atoms with Gasteiger partial charge in [0.1, 0.15) is 0 Å². The van der Waals surface area contributed by atoms with E-state index in [2.05, 4.69) is 0 Å². The minimum absolute atomic E-state index is 0.0549. The molecule has 2 aromatic carbocycles. The highest BCUT2D eigenvalue weighted by atomic mass is 19.4. The monoisotopic (exact) mass is 351 g/mol. The van der Waals surface area contributed by atoms with Gasteiger partial charge in [-0.1, -0.05) is 37.3 Å². The van der Waals surface area contributed by atoms with Crippen LogP contribution in [0.3, 0.4) is 0 Å². The number of benzene rings is 2. The molecule has 0 fully saturated rings. The number of nitrogens with zero attached hydrogens (tertiary/aromatic N) is 1. The van der Waals surface area contributed by atoms with Crippen LogP contribution in [0.1, 0.15) is 28.4 Å². The van der Waals surface area contributed by atoms with Crippen LogP contribution in [-0.4, -0.2) is 23.2 Å². The number of carbonyl (C=O) groups is 2. The van der Waals surface area contributed by atoms with E-state index in [0.29, 0.717) is 22.4 Å². The second-order valence-electron chi connectivity index (χ2n) is 5.38. The number of hydrogen-bond donors (Lipinski definition) is 1. The number of hydrogen-bond acceptors (Lipinski definition) is 2. The molecule has 0 atom stereocenters. The molecule has 0 aliphatic heterocycles. The summed E-state index contributed by atoms with van der Waals surface area (Å²) in [4.78, 5) is 23.6. The van der Waals surface area contributed by atoms with Gasteiger partial charge in [-0.2, -0.15) is 13.2 Å². The molecule has 7 heteroatoms. The number of anilines is 1. The van der Waals surface area contributed by atoms with E-state index in [9.17, 15) is 22.8 Å². The Bertz CT molecular complexity index is 787. The number of rotatable bonds is 5. The molecule has 0 spiro atoms. The largest absolute Gasteiger partial charge is 0.478 e. The molecule has 0 heterocycles. The molecule has 132 valence electrons. The molecule has 0 unspecified atom stereocenters. The van der Waals surface area contributed by atoms with Crippen molar-refractivity contribution >= 4 is 17.6 Å². The van der Waals surface area contributed by atoms with E-state index in [1.165, 1.54) is 30.3 Å². The Morgan fingerprint density at radius 1 is 1.08 bits per heavy atom. The number of para-hydroxylation sites is 1. The van der Waals surface area contributed by atoms with Crippen molar-refractivity contribution in [2.24, 2.45) is 0 Å². The fourth-order valence-corrected chi connectivity index (χ4v) is 2.48. The second-order valence-corrected chi connectivity index (χ2v) is 5.38. The molecule has 0 aliphatic rings. The molecule has 4 nitrogen and oxygen atoms in total. The quantitative estimate of drug-likeness (QED) is 0.884. The highest BCUT2D eigenvalue weighted by Crippen LogP contribution is 2.28. The van der Waals surface area contributed by atoms with Crippen LogP contribution in [0.5, 0.6) is 0 Å². The summed E-state index contributed by atoms with van der Waals surface area (Å²) in [6.07, 6.45) is -4.59. The summed E-state index contributed by atoms with van der Waals surface area (Å²) in [6, 6.07) is 11.8. The summed E-state index contributed by atoms with van der Waals surface area (Å²) >= 11 is 0. The van der Waals surface area contributed by atoms with Gasteiger partial charge >= 0.3 is 18.1 Å². The van der Waals surface area contributed by atoms with Gasteiger partial charge in [0.25, 0.3) is 0 Å². The highest BCUT2D eigenvalue weighted by molar-refractivity contribution is 5.98. The normalized spacial score (nSPS) is 11.2. The van der Waals surface area contributed by atoms with Gasteiger partial charge in [-0.15, -0.1) is 0 Å². The van der Waals surface area contributed by atoms with Gasteiger partial charge < -0.3 is 5.11 Å². The lowest BCUT2D eigenvalue weighted by molar-refractivity contribution is -0.170. The number of amides is 1. The molecule has 0 saturated carbocycles. The van der Waals surface area contributed by atoms with Crippen LogP contribution in [-0.2, 0) is 17.8 Å². The maximum Gasteiger partial charge on any atom is 0.471 e. The van der Waals surface area contributed by atoms with E-state index in [-0.39, 0.29) is 17.8 Å². The van der Waals surface area contributed by atoms with Crippen LogP contribution in [0.25, 0.3) is 0 Å². The van der Waals surface area contributed by atoms with Gasteiger partial charge in [0, 0.05) is 5.69 Å². The number of aromatic carboxylic acids is 1. The Hall–Kier alpha value is -2.83. The zero-order valence-corrected chi connectivity index (χ0v) is 13.4. The molecule has 0 aromatic heterocycles. The van der Waals surface area contributed by atoms with E-state index in [1.54, 1.807) is 25.1 Å². The summed E-state index contributed by atoms with van der Waals surface area (Å²) in [6.45, 7) is 1.40. The summed E-state index contributed by atoms with van der Waals surface area (Å²) in [7, 11) is 0. The molecule has 2 rings (SSSR count). The molecule has 0 aliphatic carbocycles. The van der Waals surface area contributed by atoms with Crippen LogP contribution in [0.4, 0.5) is 18.9 Å². The lowest BCUT2D eigenvalue weighted by Crippen LogP contribution is -2.41. The van der Waals surface area contributed by atoms with Gasteiger partial charge in [0.2, 0.25) is 0 Å². The summed E-state index contributed by atoms with van der Waals surface area (Å²) in [5.74, 6) is -3.18. The fraction of sp³-hybridized carbons (Fsp3) is 0.222. The number of alkyl halides is 3. The fourth-order valence-electron chi connectivity index (χ4n) is 2.48. The molecule has 0 saturated heterocycles. The first-order valence-corrected chi connectivity index (χ1v) is 7.53. The van der Waals surface area contributed by atoms with E-state index < -0.39 is 18.1 Å². The van der Waals surface area contributed by atoms with Crippen LogP contribution in [0, 0.1) is 0 Å². The van der Waals surface area contributed by atoms with Crippen molar-refractivity contribution in [1.29, 1.82) is 0 Å². The van der Waals surface area contributed by atoms with Gasteiger partial charge in [-0.05, 0) is 35.7 Å². The Morgan fingerprint density at radius 3 is 2.36 bits per heavy atom. The number of carboxylic acids is 1. The zero-order chi connectivity index (χ0) is 18.6. The van der Waals surface area contributed by atoms with Crippen LogP contribution < -0.4 is 4.90 Å². The Labute approximate surface area is 142 Å². The number of aryl methyl sites for hydroxylation is 1. The summed E-state index contributed by atoms with van der Waals surface area (Å²) < 4.78 is 39.1. The van der Waals surface area contributed by atoms with Crippen molar-refractivity contribution in [2.45, 2.75) is 26.1 Å². The second kappa shape index (κ2) is 7.38. The minimum Gasteiger partial charge on any atom is -0.478 e. The molecule has 0 radical (unpaired) electrons. The first-order valence-electron chi connectivity index (χ1n) is 7.53. The molecular weight excluding hydrogens is 335 g/mol. The third-order valence-electron chi connectivity index (χ3n) is 3.67. The molecule has 1 amide bonds. The standard InChI is InChI=1S/C18H16F3NO3/c1-2-13-7-3-4-9-15(13)22(17(25)18(19,20)21)11-12-6-5-8-14(10-12)16(23)24/h3-10H,2,11H2,1H3,(H,23,24). The summed E-state index contributed by atoms with van der Waals surface area (Å²) in [5.41, 5.74) is 0.992. The van der Waals surface area contributed by atoms with Crippen LogP contribution >= 0.6 is 0 Å². The van der Waals surface area contributed by atoms with Gasteiger partial charge in [-0.3, -0.25) is 9.69 Å². The maximum absolute atomic E-state index is 13.0. The average molecular weight is 351 g/mol. The molecule has 0 bridgehead atoms. The SMILES string of the molecule is CCc1ccccc1N(Cc1cccc(C(=O)O)c1)C(=O)C(F)(F)F. The Kier molecular flexibility index (Phi) is 5.46. The zero-order valence-electron chi connectivity index (χ0n) is 13.4. The van der Waals surface area contributed by atoms with Crippen molar-refractivity contribution in [3.05, 3.63) is 65.2 Å². The lowest BCUT2D eigenvalue weighted by atomic mass is 10.1. The van der Waals surface area contributed by atoms with Crippen LogP contribution in [0.15, 0.2) is 48.5 Å².